The molecule has 20 heavy (non-hydrogen) atoms. The van der Waals surface area contributed by atoms with Gasteiger partial charge in [-0.25, -0.2) is 0 Å². The van der Waals surface area contributed by atoms with Gasteiger partial charge in [-0.2, -0.15) is 0 Å². The third-order valence-electron chi connectivity index (χ3n) is 3.31. The molecule has 1 N–H and O–H groups in total. The second-order valence-corrected chi connectivity index (χ2v) is 4.77. The Hall–Kier alpha value is -2.21. The van der Waals surface area contributed by atoms with Gasteiger partial charge < -0.3 is 10.2 Å². The lowest BCUT2D eigenvalue weighted by Gasteiger charge is -2.33. The molecule has 1 aromatic carbocycles. The molecule has 106 valence electrons. The van der Waals surface area contributed by atoms with Crippen molar-refractivity contribution in [3.8, 4) is 0 Å². The molecule has 1 atom stereocenters. The van der Waals surface area contributed by atoms with Crippen LogP contribution in [-0.4, -0.2) is 41.4 Å². The summed E-state index contributed by atoms with van der Waals surface area (Å²) in [6.45, 7) is 4.31. The highest BCUT2D eigenvalue weighted by molar-refractivity contribution is 5.92. The van der Waals surface area contributed by atoms with Gasteiger partial charge in [-0.1, -0.05) is 0 Å². The highest BCUT2D eigenvalue weighted by atomic mass is 16.6. The fourth-order valence-corrected chi connectivity index (χ4v) is 2.14. The molecule has 0 aromatic heterocycles. The molecule has 6 nitrogen and oxygen atoms in total. The molecule has 0 saturated carbocycles. The topological polar surface area (TPSA) is 75.5 Å². The Morgan fingerprint density at radius 3 is 2.75 bits per heavy atom. The largest absolute Gasteiger partial charge is 0.334 e. The zero-order valence-corrected chi connectivity index (χ0v) is 11.3. The van der Waals surface area contributed by atoms with Gasteiger partial charge in [0.05, 0.1) is 4.92 Å². The summed E-state index contributed by atoms with van der Waals surface area (Å²) in [5.41, 5.74) is 0.816. The summed E-state index contributed by atoms with van der Waals surface area (Å²) in [5.74, 6) is -0.0302. The highest BCUT2D eigenvalue weighted by Crippen LogP contribution is 2.13. The van der Waals surface area contributed by atoms with Crippen LogP contribution in [0, 0.1) is 10.1 Å². The van der Waals surface area contributed by atoms with Crippen LogP contribution in [0.1, 0.15) is 12.5 Å². The Morgan fingerprint density at radius 1 is 1.45 bits per heavy atom. The summed E-state index contributed by atoms with van der Waals surface area (Å²) in [6.07, 6.45) is 3.20. The van der Waals surface area contributed by atoms with Gasteiger partial charge in [-0.05, 0) is 30.7 Å². The Kier molecular flexibility index (Phi) is 4.47. The Balaban J connectivity index is 2.01. The number of piperazine rings is 1. The lowest BCUT2D eigenvalue weighted by Crippen LogP contribution is -2.51. The summed E-state index contributed by atoms with van der Waals surface area (Å²) in [7, 11) is 0. The number of hydrogen-bond acceptors (Lipinski definition) is 4. The number of nitrogens with zero attached hydrogens (tertiary/aromatic N) is 2. The third-order valence-corrected chi connectivity index (χ3v) is 3.31. The van der Waals surface area contributed by atoms with E-state index < -0.39 is 4.92 Å². The minimum Gasteiger partial charge on any atom is -0.334 e. The van der Waals surface area contributed by atoms with Gasteiger partial charge in [0.1, 0.15) is 0 Å². The number of carbonyl (C=O) groups excluding carboxylic acids is 1. The molecule has 6 heteroatoms. The van der Waals surface area contributed by atoms with Crippen molar-refractivity contribution in [3.63, 3.8) is 0 Å². The van der Waals surface area contributed by atoms with Crippen LogP contribution < -0.4 is 5.32 Å². The van der Waals surface area contributed by atoms with E-state index in [-0.39, 0.29) is 17.6 Å². The Bertz CT molecular complexity index is 525. The van der Waals surface area contributed by atoms with Crippen LogP contribution in [0.15, 0.2) is 30.3 Å². The van der Waals surface area contributed by atoms with Crippen molar-refractivity contribution < 1.29 is 9.72 Å². The zero-order chi connectivity index (χ0) is 14.5. The molecule has 1 heterocycles. The zero-order valence-electron chi connectivity index (χ0n) is 11.3. The molecular weight excluding hydrogens is 258 g/mol. The second-order valence-electron chi connectivity index (χ2n) is 4.77. The quantitative estimate of drug-likeness (QED) is 0.514. The number of nitrogens with one attached hydrogen (secondary N) is 1. The molecule has 1 saturated heterocycles. The van der Waals surface area contributed by atoms with Gasteiger partial charge >= 0.3 is 0 Å². The molecule has 1 fully saturated rings. The van der Waals surface area contributed by atoms with Crippen LogP contribution in [0.25, 0.3) is 6.08 Å². The molecule has 2 rings (SSSR count). The van der Waals surface area contributed by atoms with Gasteiger partial charge in [0.25, 0.3) is 5.69 Å². The molecule has 0 aliphatic carbocycles. The van der Waals surface area contributed by atoms with Crippen LogP contribution in [0.5, 0.6) is 0 Å². The van der Waals surface area contributed by atoms with Crippen LogP contribution >= 0.6 is 0 Å². The summed E-state index contributed by atoms with van der Waals surface area (Å²) in [4.78, 5) is 24.0. The number of amides is 1. The average Bonchev–Trinajstić information content (AvgIpc) is 2.45. The minimum absolute atomic E-state index is 0.0302. The third kappa shape index (κ3) is 3.42. The van der Waals surface area contributed by atoms with Gasteiger partial charge in [0, 0.05) is 43.9 Å². The molecule has 0 bridgehead atoms. The monoisotopic (exact) mass is 275 g/mol. The van der Waals surface area contributed by atoms with E-state index in [4.69, 9.17) is 0 Å². The lowest BCUT2D eigenvalue weighted by molar-refractivity contribution is -0.384. The van der Waals surface area contributed by atoms with E-state index in [2.05, 4.69) is 5.32 Å². The average molecular weight is 275 g/mol. The summed E-state index contributed by atoms with van der Waals surface area (Å²) in [6, 6.07) is 6.29. The fraction of sp³-hybridized carbons (Fsp3) is 0.357. The molecule has 1 aromatic rings. The van der Waals surface area contributed by atoms with E-state index in [0.29, 0.717) is 6.54 Å². The molecule has 1 aliphatic heterocycles. The van der Waals surface area contributed by atoms with Gasteiger partial charge in [0.15, 0.2) is 0 Å². The van der Waals surface area contributed by atoms with Crippen molar-refractivity contribution in [1.82, 2.24) is 10.2 Å². The maximum Gasteiger partial charge on any atom is 0.269 e. The number of hydrogen-bond donors (Lipinski definition) is 1. The smallest absolute Gasteiger partial charge is 0.269 e. The van der Waals surface area contributed by atoms with E-state index in [1.807, 2.05) is 11.8 Å². The van der Waals surface area contributed by atoms with Crippen LogP contribution in [0.3, 0.4) is 0 Å². The number of non-ortho nitro benzene ring substituents is 1. The maximum absolute atomic E-state index is 12.1. The van der Waals surface area contributed by atoms with Gasteiger partial charge in [0.2, 0.25) is 5.91 Å². The minimum atomic E-state index is -0.443. The number of carbonyl (C=O) groups is 1. The van der Waals surface area contributed by atoms with Gasteiger partial charge in [-0.3, -0.25) is 14.9 Å². The standard InChI is InChI=1S/C14H17N3O3/c1-11-10-15-8-9-16(11)14(18)7-4-12-2-5-13(6-3-12)17(19)20/h2-7,11,15H,8-10H2,1H3/b7-4+/t11-/m0/s1. The maximum atomic E-state index is 12.1. The van der Waals surface area contributed by atoms with Crippen LogP contribution in [0.4, 0.5) is 5.69 Å². The first-order chi connectivity index (χ1) is 9.58. The van der Waals surface area contributed by atoms with E-state index in [1.165, 1.54) is 18.2 Å². The fourth-order valence-electron chi connectivity index (χ4n) is 2.14. The molecule has 1 aliphatic rings. The van der Waals surface area contributed by atoms with E-state index in [0.717, 1.165) is 18.7 Å². The highest BCUT2D eigenvalue weighted by Gasteiger charge is 2.20. The van der Waals surface area contributed by atoms with Crippen LogP contribution in [0.2, 0.25) is 0 Å². The number of nitro groups is 1. The number of rotatable bonds is 3. The lowest BCUT2D eigenvalue weighted by atomic mass is 10.1. The van der Waals surface area contributed by atoms with Crippen molar-refractivity contribution in [2.45, 2.75) is 13.0 Å². The first kappa shape index (κ1) is 14.2. The summed E-state index contributed by atoms with van der Waals surface area (Å²) in [5, 5.41) is 13.8. The van der Waals surface area contributed by atoms with Crippen molar-refractivity contribution in [3.05, 3.63) is 46.0 Å². The normalized spacial score (nSPS) is 19.2. The molecular formula is C14H17N3O3. The van der Waals surface area contributed by atoms with Crippen molar-refractivity contribution >= 4 is 17.7 Å². The molecule has 0 radical (unpaired) electrons. The van der Waals surface area contributed by atoms with Crippen molar-refractivity contribution in [1.29, 1.82) is 0 Å². The van der Waals surface area contributed by atoms with Gasteiger partial charge in [-0.15, -0.1) is 0 Å². The predicted molar refractivity (Wildman–Crippen MR) is 76.2 cm³/mol. The van der Waals surface area contributed by atoms with Crippen molar-refractivity contribution in [2.24, 2.45) is 0 Å². The summed E-state index contributed by atoms with van der Waals surface area (Å²) < 4.78 is 0. The number of benzene rings is 1. The SMILES string of the molecule is C[C@H]1CNCCN1C(=O)/C=C/c1ccc([N+](=O)[O-])cc1. The molecule has 0 spiro atoms. The Morgan fingerprint density at radius 2 is 2.15 bits per heavy atom. The molecule has 1 amide bonds. The van der Waals surface area contributed by atoms with Crippen molar-refractivity contribution in [2.75, 3.05) is 19.6 Å². The summed E-state index contributed by atoms with van der Waals surface area (Å²) >= 11 is 0. The number of nitro benzene ring substituents is 1. The van der Waals surface area contributed by atoms with E-state index in [1.54, 1.807) is 18.2 Å². The first-order valence-corrected chi connectivity index (χ1v) is 6.52. The second kappa shape index (κ2) is 6.29. The van der Waals surface area contributed by atoms with Crippen LogP contribution in [-0.2, 0) is 4.79 Å². The first-order valence-electron chi connectivity index (χ1n) is 6.52. The van der Waals surface area contributed by atoms with E-state index >= 15 is 0 Å². The predicted octanol–water partition coefficient (Wildman–Crippen LogP) is 1.43. The van der Waals surface area contributed by atoms with E-state index in [9.17, 15) is 14.9 Å². The molecule has 0 unspecified atom stereocenters. The Labute approximate surface area is 117 Å².